The van der Waals surface area contributed by atoms with E-state index in [0.29, 0.717) is 0 Å². The van der Waals surface area contributed by atoms with Gasteiger partial charge in [-0.25, -0.2) is 9.78 Å². The first-order valence-electron chi connectivity index (χ1n) is 5.33. The summed E-state index contributed by atoms with van der Waals surface area (Å²) in [5.41, 5.74) is 4.92. The average Bonchev–Trinajstić information content (AvgIpc) is 2.34. The van der Waals surface area contributed by atoms with Crippen molar-refractivity contribution in [1.29, 1.82) is 0 Å². The van der Waals surface area contributed by atoms with E-state index in [1.54, 1.807) is 0 Å². The molecule has 0 aliphatic carbocycles. The van der Waals surface area contributed by atoms with Crippen molar-refractivity contribution in [3.8, 4) is 0 Å². The van der Waals surface area contributed by atoms with Crippen LogP contribution in [0.4, 0.5) is 4.39 Å². The largest absolute Gasteiger partial charge is 0.480 e. The molecule has 0 bridgehead atoms. The van der Waals surface area contributed by atoms with Crippen LogP contribution in [0.5, 0.6) is 0 Å². The van der Waals surface area contributed by atoms with Crippen LogP contribution in [-0.2, 0) is 9.59 Å². The molecule has 7 nitrogen and oxygen atoms in total. The summed E-state index contributed by atoms with van der Waals surface area (Å²) in [6.07, 6.45) is 0.696. The second-order valence-electron chi connectivity index (χ2n) is 3.74. The Morgan fingerprint density at radius 3 is 2.58 bits per heavy atom. The minimum Gasteiger partial charge on any atom is -0.480 e. The maximum atomic E-state index is 12.6. The minimum atomic E-state index is -1.29. The molecule has 2 amide bonds. The molecule has 8 heteroatoms. The van der Waals surface area contributed by atoms with Crippen LogP contribution < -0.4 is 11.1 Å². The number of rotatable bonds is 6. The predicted octanol–water partition coefficient (Wildman–Crippen LogP) is -0.331. The molecule has 0 fully saturated rings. The summed E-state index contributed by atoms with van der Waals surface area (Å²) < 4.78 is 12.6. The van der Waals surface area contributed by atoms with E-state index in [4.69, 9.17) is 10.8 Å². The third-order valence-electron chi connectivity index (χ3n) is 2.27. The van der Waals surface area contributed by atoms with E-state index in [-0.39, 0.29) is 18.4 Å². The first-order chi connectivity index (χ1) is 8.90. The maximum absolute atomic E-state index is 12.6. The second kappa shape index (κ2) is 6.43. The van der Waals surface area contributed by atoms with E-state index in [1.165, 1.54) is 6.07 Å². The molecule has 0 aliphatic heterocycles. The number of nitrogens with zero attached hydrogens (tertiary/aromatic N) is 1. The molecule has 4 N–H and O–H groups in total. The number of pyridine rings is 1. The molecule has 0 saturated carbocycles. The van der Waals surface area contributed by atoms with E-state index < -0.39 is 29.8 Å². The summed E-state index contributed by atoms with van der Waals surface area (Å²) in [5.74, 6) is -3.42. The molecule has 1 heterocycles. The van der Waals surface area contributed by atoms with Gasteiger partial charge in [-0.05, 0) is 18.6 Å². The number of carbonyl (C=O) groups excluding carboxylic acids is 2. The lowest BCUT2D eigenvalue weighted by atomic mass is 10.1. The smallest absolute Gasteiger partial charge is 0.326 e. The Kier molecular flexibility index (Phi) is 4.92. The van der Waals surface area contributed by atoms with Crippen molar-refractivity contribution in [2.75, 3.05) is 0 Å². The number of halogens is 1. The first kappa shape index (κ1) is 14.6. The number of amides is 2. The lowest BCUT2D eigenvalue weighted by Gasteiger charge is -2.13. The molecule has 0 aliphatic rings. The van der Waals surface area contributed by atoms with Crippen molar-refractivity contribution < 1.29 is 23.9 Å². The highest BCUT2D eigenvalue weighted by molar-refractivity contribution is 5.96. The maximum Gasteiger partial charge on any atom is 0.326 e. The van der Waals surface area contributed by atoms with Crippen LogP contribution in [0.1, 0.15) is 23.2 Å². The number of carboxylic acids is 1. The van der Waals surface area contributed by atoms with E-state index in [9.17, 15) is 18.8 Å². The van der Waals surface area contributed by atoms with Gasteiger partial charge in [0.25, 0.3) is 5.91 Å². The van der Waals surface area contributed by atoms with Crippen molar-refractivity contribution >= 4 is 17.8 Å². The van der Waals surface area contributed by atoms with Crippen LogP contribution in [0.3, 0.4) is 0 Å². The highest BCUT2D eigenvalue weighted by Gasteiger charge is 2.21. The van der Waals surface area contributed by atoms with Crippen molar-refractivity contribution in [2.24, 2.45) is 5.73 Å². The third-order valence-corrected chi connectivity index (χ3v) is 2.27. The van der Waals surface area contributed by atoms with E-state index >= 15 is 0 Å². The molecule has 0 saturated heterocycles. The quantitative estimate of drug-likeness (QED) is 0.610. The zero-order valence-electron chi connectivity index (χ0n) is 9.80. The van der Waals surface area contributed by atoms with Crippen LogP contribution >= 0.6 is 0 Å². The van der Waals surface area contributed by atoms with Crippen molar-refractivity contribution in [2.45, 2.75) is 18.9 Å². The van der Waals surface area contributed by atoms with Gasteiger partial charge in [0.05, 0.1) is 5.56 Å². The summed E-state index contributed by atoms with van der Waals surface area (Å²) in [4.78, 5) is 36.4. The second-order valence-corrected chi connectivity index (χ2v) is 3.74. The van der Waals surface area contributed by atoms with Crippen LogP contribution in [0.25, 0.3) is 0 Å². The molecule has 1 rings (SSSR count). The van der Waals surface area contributed by atoms with Gasteiger partial charge in [0.2, 0.25) is 11.9 Å². The standard InChI is InChI=1S/C11H12FN3O4/c12-8-3-1-6(5-14-8)10(17)15-7(11(18)19)2-4-9(13)16/h1,3,5,7H,2,4H2,(H2,13,16)(H,15,17)(H,18,19). The number of hydrogen-bond acceptors (Lipinski definition) is 4. The van der Waals surface area contributed by atoms with Gasteiger partial charge in [-0.15, -0.1) is 0 Å². The first-order valence-corrected chi connectivity index (χ1v) is 5.33. The molecule has 1 unspecified atom stereocenters. The Labute approximate surface area is 107 Å². The van der Waals surface area contributed by atoms with E-state index in [2.05, 4.69) is 10.3 Å². The molecule has 1 atom stereocenters. The lowest BCUT2D eigenvalue weighted by molar-refractivity contribution is -0.139. The number of nitrogens with one attached hydrogen (secondary N) is 1. The van der Waals surface area contributed by atoms with Crippen molar-refractivity contribution in [3.05, 3.63) is 29.8 Å². The molecule has 19 heavy (non-hydrogen) atoms. The van der Waals surface area contributed by atoms with Crippen molar-refractivity contribution in [3.63, 3.8) is 0 Å². The molecular weight excluding hydrogens is 257 g/mol. The van der Waals surface area contributed by atoms with Crippen molar-refractivity contribution in [1.82, 2.24) is 10.3 Å². The van der Waals surface area contributed by atoms with Crippen LogP contribution in [0.15, 0.2) is 18.3 Å². The zero-order valence-corrected chi connectivity index (χ0v) is 9.80. The van der Waals surface area contributed by atoms with Crippen LogP contribution in [-0.4, -0.2) is 33.9 Å². The topological polar surface area (TPSA) is 122 Å². The lowest BCUT2D eigenvalue weighted by Crippen LogP contribution is -2.41. The number of hydrogen-bond donors (Lipinski definition) is 3. The highest BCUT2D eigenvalue weighted by Crippen LogP contribution is 2.02. The molecule has 0 aromatic carbocycles. The van der Waals surface area contributed by atoms with Gasteiger partial charge in [-0.3, -0.25) is 9.59 Å². The fourth-order valence-electron chi connectivity index (χ4n) is 1.30. The average molecular weight is 269 g/mol. The summed E-state index contributed by atoms with van der Waals surface area (Å²) in [6, 6.07) is 0.906. The Morgan fingerprint density at radius 1 is 1.42 bits per heavy atom. The molecule has 102 valence electrons. The molecule has 1 aromatic heterocycles. The summed E-state index contributed by atoms with van der Waals surface area (Å²) in [5, 5.41) is 11.1. The number of nitrogens with two attached hydrogens (primary N) is 1. The number of aromatic nitrogens is 1. The van der Waals surface area contributed by atoms with Gasteiger partial charge >= 0.3 is 5.97 Å². The molecule has 1 aromatic rings. The van der Waals surface area contributed by atoms with Gasteiger partial charge in [-0.2, -0.15) is 4.39 Å². The number of primary amides is 1. The van der Waals surface area contributed by atoms with Gasteiger partial charge in [-0.1, -0.05) is 0 Å². The van der Waals surface area contributed by atoms with E-state index in [0.717, 1.165) is 12.3 Å². The van der Waals surface area contributed by atoms with Gasteiger partial charge in [0.1, 0.15) is 6.04 Å². The zero-order chi connectivity index (χ0) is 14.4. The summed E-state index contributed by atoms with van der Waals surface area (Å²) >= 11 is 0. The summed E-state index contributed by atoms with van der Waals surface area (Å²) in [6.45, 7) is 0. The normalized spacial score (nSPS) is 11.6. The monoisotopic (exact) mass is 269 g/mol. The number of carbonyl (C=O) groups is 3. The van der Waals surface area contributed by atoms with E-state index in [1.807, 2.05) is 0 Å². The van der Waals surface area contributed by atoms with Gasteiger partial charge < -0.3 is 16.2 Å². The predicted molar refractivity (Wildman–Crippen MR) is 61.5 cm³/mol. The number of aliphatic carboxylic acids is 1. The Balaban J connectivity index is 2.68. The number of carboxylic acid groups (broad SMARTS) is 1. The Morgan fingerprint density at radius 2 is 2.11 bits per heavy atom. The van der Waals surface area contributed by atoms with Gasteiger partial charge in [0, 0.05) is 12.6 Å². The SMILES string of the molecule is NC(=O)CCC(NC(=O)c1ccc(F)nc1)C(=O)O. The fraction of sp³-hybridized carbons (Fsp3) is 0.273. The Bertz CT molecular complexity index is 489. The molecule has 0 radical (unpaired) electrons. The van der Waals surface area contributed by atoms with Crippen LogP contribution in [0, 0.1) is 5.95 Å². The third kappa shape index (κ3) is 4.70. The Hall–Kier alpha value is -2.51. The molecular formula is C11H12FN3O4. The summed E-state index contributed by atoms with van der Waals surface area (Å²) in [7, 11) is 0. The minimum absolute atomic E-state index is 0.0201. The highest BCUT2D eigenvalue weighted by atomic mass is 19.1. The van der Waals surface area contributed by atoms with Gasteiger partial charge in [0.15, 0.2) is 0 Å². The van der Waals surface area contributed by atoms with Crippen LogP contribution in [0.2, 0.25) is 0 Å². The fourth-order valence-corrected chi connectivity index (χ4v) is 1.30. The molecule has 0 spiro atoms.